The fourth-order valence-electron chi connectivity index (χ4n) is 1.62. The number of rotatable bonds is 4. The highest BCUT2D eigenvalue weighted by molar-refractivity contribution is 7.80. The largest absolute Gasteiger partial charge is 0.444 e. The number of aryl methyl sites for hydroxylation is 2. The van der Waals surface area contributed by atoms with E-state index in [-0.39, 0.29) is 10.6 Å². The average molecular weight is 279 g/mol. The Kier molecular flexibility index (Phi) is 3.80. The second kappa shape index (κ2) is 5.36. The summed E-state index contributed by atoms with van der Waals surface area (Å²) in [4.78, 5) is 4.27. The quantitative estimate of drug-likeness (QED) is 0.842. The summed E-state index contributed by atoms with van der Waals surface area (Å²) < 4.78 is 19.1. The highest BCUT2D eigenvalue weighted by Gasteiger charge is 2.08. The van der Waals surface area contributed by atoms with Gasteiger partial charge in [0.1, 0.15) is 16.6 Å². The molecule has 0 saturated carbocycles. The summed E-state index contributed by atoms with van der Waals surface area (Å²) in [5, 5.41) is 3.03. The number of hydrogen-bond donors (Lipinski definition) is 2. The van der Waals surface area contributed by atoms with Gasteiger partial charge in [-0.15, -0.1) is 0 Å². The van der Waals surface area contributed by atoms with Crippen LogP contribution in [-0.4, -0.2) is 9.97 Å². The van der Waals surface area contributed by atoms with Crippen molar-refractivity contribution in [3.8, 4) is 0 Å². The minimum absolute atomic E-state index is 0.0444. The molecule has 1 heterocycles. The molecule has 2 aromatic rings. The summed E-state index contributed by atoms with van der Waals surface area (Å²) in [7, 11) is 0. The van der Waals surface area contributed by atoms with E-state index in [1.807, 2.05) is 13.8 Å². The molecule has 0 fully saturated rings. The van der Waals surface area contributed by atoms with E-state index >= 15 is 0 Å². The molecule has 1 aromatic heterocycles. The predicted octanol–water partition coefficient (Wildman–Crippen LogP) is 2.68. The standard InChI is InChI=1S/C13H14FN3OS/c1-7-8(2)18-12(17-7)6-16-9-3-4-10(13(15)19)11(14)5-9/h3-5,16H,6H2,1-2H3,(H2,15,19). The van der Waals surface area contributed by atoms with Crippen molar-refractivity contribution < 1.29 is 8.81 Å². The Morgan fingerprint density at radius 1 is 1.47 bits per heavy atom. The maximum atomic E-state index is 13.6. The molecule has 6 heteroatoms. The number of aromatic nitrogens is 1. The van der Waals surface area contributed by atoms with Crippen LogP contribution in [-0.2, 0) is 6.54 Å². The monoisotopic (exact) mass is 279 g/mol. The minimum Gasteiger partial charge on any atom is -0.444 e. The van der Waals surface area contributed by atoms with Gasteiger partial charge in [0.15, 0.2) is 0 Å². The van der Waals surface area contributed by atoms with Crippen LogP contribution in [0.4, 0.5) is 10.1 Å². The van der Waals surface area contributed by atoms with Crippen molar-refractivity contribution in [1.29, 1.82) is 0 Å². The molecule has 100 valence electrons. The highest BCUT2D eigenvalue weighted by Crippen LogP contribution is 2.16. The van der Waals surface area contributed by atoms with Gasteiger partial charge in [0, 0.05) is 11.3 Å². The van der Waals surface area contributed by atoms with Crippen LogP contribution in [0.25, 0.3) is 0 Å². The number of nitrogens with two attached hydrogens (primary N) is 1. The average Bonchev–Trinajstić information content (AvgIpc) is 2.66. The van der Waals surface area contributed by atoms with Crippen molar-refractivity contribution in [1.82, 2.24) is 4.98 Å². The highest BCUT2D eigenvalue weighted by atomic mass is 32.1. The molecule has 0 amide bonds. The molecule has 19 heavy (non-hydrogen) atoms. The lowest BCUT2D eigenvalue weighted by atomic mass is 10.2. The van der Waals surface area contributed by atoms with Gasteiger partial charge in [-0.3, -0.25) is 0 Å². The van der Waals surface area contributed by atoms with Crippen molar-refractivity contribution in [3.05, 3.63) is 46.9 Å². The number of halogens is 1. The molecule has 0 atom stereocenters. The SMILES string of the molecule is Cc1nc(CNc2ccc(C(N)=S)c(F)c2)oc1C. The second-order valence-corrected chi connectivity index (χ2v) is 4.60. The van der Waals surface area contributed by atoms with Crippen LogP contribution >= 0.6 is 12.2 Å². The summed E-state index contributed by atoms with van der Waals surface area (Å²) >= 11 is 4.74. The molecule has 0 aliphatic carbocycles. The van der Waals surface area contributed by atoms with Gasteiger partial charge >= 0.3 is 0 Å². The molecule has 0 aliphatic rings. The van der Waals surface area contributed by atoms with Gasteiger partial charge < -0.3 is 15.5 Å². The van der Waals surface area contributed by atoms with Crippen LogP contribution < -0.4 is 11.1 Å². The first kappa shape index (κ1) is 13.5. The fourth-order valence-corrected chi connectivity index (χ4v) is 1.78. The Labute approximate surface area is 115 Å². The Morgan fingerprint density at radius 3 is 2.74 bits per heavy atom. The van der Waals surface area contributed by atoms with E-state index in [9.17, 15) is 4.39 Å². The number of benzene rings is 1. The summed E-state index contributed by atoms with van der Waals surface area (Å²) in [5.41, 5.74) is 7.10. The molecule has 0 bridgehead atoms. The van der Waals surface area contributed by atoms with Crippen molar-refractivity contribution >= 4 is 22.9 Å². The zero-order chi connectivity index (χ0) is 14.0. The summed E-state index contributed by atoms with van der Waals surface area (Å²) in [5.74, 6) is 0.901. The lowest BCUT2D eigenvalue weighted by molar-refractivity contribution is 0.478. The molecule has 0 saturated heterocycles. The van der Waals surface area contributed by atoms with Crippen LogP contribution in [0.2, 0.25) is 0 Å². The van der Waals surface area contributed by atoms with Crippen molar-refractivity contribution in [2.75, 3.05) is 5.32 Å². The normalized spacial score (nSPS) is 10.5. The zero-order valence-electron chi connectivity index (χ0n) is 10.7. The van der Waals surface area contributed by atoms with E-state index in [1.54, 1.807) is 12.1 Å². The van der Waals surface area contributed by atoms with Gasteiger partial charge in [-0.25, -0.2) is 9.37 Å². The first-order chi connectivity index (χ1) is 8.97. The van der Waals surface area contributed by atoms with Crippen molar-refractivity contribution in [2.24, 2.45) is 5.73 Å². The minimum atomic E-state index is -0.447. The Hall–Kier alpha value is -1.95. The number of nitrogens with zero attached hydrogens (tertiary/aromatic N) is 1. The van der Waals surface area contributed by atoms with Gasteiger partial charge in [0.2, 0.25) is 5.89 Å². The molecule has 0 aliphatic heterocycles. The third kappa shape index (κ3) is 3.08. The fraction of sp³-hybridized carbons (Fsp3) is 0.231. The van der Waals surface area contributed by atoms with Crippen LogP contribution in [0, 0.1) is 19.7 Å². The molecule has 0 radical (unpaired) electrons. The summed E-state index contributed by atoms with van der Waals surface area (Å²) in [6.45, 7) is 4.11. The number of hydrogen-bond acceptors (Lipinski definition) is 4. The number of oxazole rings is 1. The molecular formula is C13H14FN3OS. The molecule has 4 nitrogen and oxygen atoms in total. The van der Waals surface area contributed by atoms with E-state index in [1.165, 1.54) is 6.07 Å². The molecule has 2 rings (SSSR count). The third-order valence-electron chi connectivity index (χ3n) is 2.75. The maximum absolute atomic E-state index is 13.6. The van der Waals surface area contributed by atoms with Crippen molar-refractivity contribution in [2.45, 2.75) is 20.4 Å². The van der Waals surface area contributed by atoms with Crippen LogP contribution in [0.5, 0.6) is 0 Å². The molecular weight excluding hydrogens is 265 g/mol. The van der Waals surface area contributed by atoms with Crippen LogP contribution in [0.3, 0.4) is 0 Å². The van der Waals surface area contributed by atoms with Crippen LogP contribution in [0.15, 0.2) is 22.6 Å². The first-order valence-electron chi connectivity index (χ1n) is 5.73. The van der Waals surface area contributed by atoms with Gasteiger partial charge in [-0.2, -0.15) is 0 Å². The first-order valence-corrected chi connectivity index (χ1v) is 6.14. The number of thiocarbonyl (C=S) groups is 1. The topological polar surface area (TPSA) is 64.1 Å². The molecule has 1 aromatic carbocycles. The lowest BCUT2D eigenvalue weighted by Crippen LogP contribution is -2.12. The Balaban J connectivity index is 2.08. The molecule has 3 N–H and O–H groups in total. The molecule has 0 spiro atoms. The predicted molar refractivity (Wildman–Crippen MR) is 75.6 cm³/mol. The number of nitrogens with one attached hydrogen (secondary N) is 1. The second-order valence-electron chi connectivity index (χ2n) is 4.16. The van der Waals surface area contributed by atoms with E-state index in [4.69, 9.17) is 22.4 Å². The van der Waals surface area contributed by atoms with Gasteiger partial charge in [-0.05, 0) is 32.0 Å². The third-order valence-corrected chi connectivity index (χ3v) is 2.97. The van der Waals surface area contributed by atoms with Gasteiger partial charge in [0.25, 0.3) is 0 Å². The maximum Gasteiger partial charge on any atom is 0.213 e. The van der Waals surface area contributed by atoms with E-state index in [0.717, 1.165) is 11.5 Å². The van der Waals surface area contributed by atoms with Gasteiger partial charge in [0.05, 0.1) is 12.2 Å². The van der Waals surface area contributed by atoms with E-state index in [0.29, 0.717) is 18.1 Å². The molecule has 0 unspecified atom stereocenters. The Bertz CT molecular complexity index is 605. The summed E-state index contributed by atoms with van der Waals surface area (Å²) in [6.07, 6.45) is 0. The van der Waals surface area contributed by atoms with Crippen molar-refractivity contribution in [3.63, 3.8) is 0 Å². The van der Waals surface area contributed by atoms with Crippen LogP contribution in [0.1, 0.15) is 22.9 Å². The van der Waals surface area contributed by atoms with E-state index in [2.05, 4.69) is 10.3 Å². The smallest absolute Gasteiger partial charge is 0.213 e. The van der Waals surface area contributed by atoms with Gasteiger partial charge in [-0.1, -0.05) is 12.2 Å². The lowest BCUT2D eigenvalue weighted by Gasteiger charge is -2.06. The zero-order valence-corrected chi connectivity index (χ0v) is 11.5. The summed E-state index contributed by atoms with van der Waals surface area (Å²) in [6, 6.07) is 4.60. The Morgan fingerprint density at radius 2 is 2.21 bits per heavy atom. The number of anilines is 1. The van der Waals surface area contributed by atoms with E-state index < -0.39 is 5.82 Å².